The van der Waals surface area contributed by atoms with E-state index in [0.717, 1.165) is 6.42 Å². The number of likely N-dealkylation sites (tertiary alicyclic amines) is 2. The molecule has 0 radical (unpaired) electrons. The van der Waals surface area contributed by atoms with Crippen LogP contribution in [0.15, 0.2) is 0 Å². The highest BCUT2D eigenvalue weighted by Crippen LogP contribution is 2.38. The van der Waals surface area contributed by atoms with Crippen LogP contribution in [0.4, 0.5) is 13.2 Å². The lowest BCUT2D eigenvalue weighted by molar-refractivity contribution is -0.273. The molecule has 2 N–H and O–H groups in total. The van der Waals surface area contributed by atoms with Crippen LogP contribution < -0.4 is 0 Å². The second-order valence-corrected chi connectivity index (χ2v) is 5.93. The lowest BCUT2D eigenvalue weighted by atomic mass is 9.90. The molecule has 122 valence electrons. The second kappa shape index (κ2) is 6.10. The lowest BCUT2D eigenvalue weighted by Gasteiger charge is -2.39. The van der Waals surface area contributed by atoms with Crippen LogP contribution in [0.1, 0.15) is 25.7 Å². The topological polar surface area (TPSA) is 64.0 Å². The molecule has 0 aliphatic carbocycles. The number of alkyl halides is 3. The Morgan fingerprint density at radius 3 is 2.29 bits per heavy atom. The smallest absolute Gasteiger partial charge is 0.390 e. The van der Waals surface area contributed by atoms with Crippen LogP contribution in [0.3, 0.4) is 0 Å². The number of rotatable bonds is 4. The first-order chi connectivity index (χ1) is 9.71. The van der Waals surface area contributed by atoms with Gasteiger partial charge in [0.15, 0.2) is 5.60 Å². The summed E-state index contributed by atoms with van der Waals surface area (Å²) in [7, 11) is 0. The fraction of sp³-hybridized carbons (Fsp3) is 0.923. The number of aliphatic hydroxyl groups is 2. The van der Waals surface area contributed by atoms with E-state index >= 15 is 0 Å². The van der Waals surface area contributed by atoms with Crippen LogP contribution in [-0.2, 0) is 4.79 Å². The van der Waals surface area contributed by atoms with Crippen LogP contribution in [0.25, 0.3) is 0 Å². The number of carbonyl (C=O) groups excluding carboxylic acids is 1. The Morgan fingerprint density at radius 1 is 1.19 bits per heavy atom. The van der Waals surface area contributed by atoms with E-state index in [-0.39, 0.29) is 44.9 Å². The minimum absolute atomic E-state index is 0.0131. The Bertz CT molecular complexity index is 381. The van der Waals surface area contributed by atoms with E-state index in [2.05, 4.69) is 0 Å². The number of halogens is 3. The van der Waals surface area contributed by atoms with Crippen LogP contribution >= 0.6 is 0 Å². The third-order valence-corrected chi connectivity index (χ3v) is 4.28. The van der Waals surface area contributed by atoms with Crippen molar-refractivity contribution in [3.8, 4) is 0 Å². The molecule has 21 heavy (non-hydrogen) atoms. The molecule has 0 aromatic rings. The number of β-amino-alcohol motifs (C(OH)–C–C–N with tert-alkyl or cyclic N) is 1. The molecule has 1 atom stereocenters. The first-order valence-electron chi connectivity index (χ1n) is 7.18. The average Bonchev–Trinajstić information content (AvgIpc) is 2.77. The normalized spacial score (nSPS) is 25.4. The van der Waals surface area contributed by atoms with E-state index in [1.54, 1.807) is 9.80 Å². The first kappa shape index (κ1) is 16.5. The molecule has 2 saturated heterocycles. The van der Waals surface area contributed by atoms with Gasteiger partial charge in [0, 0.05) is 39.1 Å². The zero-order chi connectivity index (χ0) is 15.7. The SMILES string of the molecule is O=C1CCCN1CC(O)CN1CCC(O)(C(F)(F)F)CC1. The molecule has 5 nitrogen and oxygen atoms in total. The summed E-state index contributed by atoms with van der Waals surface area (Å²) in [6.45, 7) is 1.24. The number of piperidine rings is 1. The molecular weight excluding hydrogens is 289 g/mol. The van der Waals surface area contributed by atoms with Crippen molar-refractivity contribution in [2.45, 2.75) is 43.6 Å². The monoisotopic (exact) mass is 310 g/mol. The molecule has 0 aromatic carbocycles. The molecule has 0 spiro atoms. The summed E-state index contributed by atoms with van der Waals surface area (Å²) < 4.78 is 38.0. The van der Waals surface area contributed by atoms with Gasteiger partial charge in [0.2, 0.25) is 5.91 Å². The number of aliphatic hydroxyl groups excluding tert-OH is 1. The van der Waals surface area contributed by atoms with Gasteiger partial charge in [-0.2, -0.15) is 13.2 Å². The van der Waals surface area contributed by atoms with Crippen molar-refractivity contribution >= 4 is 5.91 Å². The summed E-state index contributed by atoms with van der Waals surface area (Å²) >= 11 is 0. The van der Waals surface area contributed by atoms with Gasteiger partial charge in [-0.15, -0.1) is 0 Å². The fourth-order valence-corrected chi connectivity index (χ4v) is 2.90. The van der Waals surface area contributed by atoms with Gasteiger partial charge in [-0.1, -0.05) is 0 Å². The van der Waals surface area contributed by atoms with Crippen molar-refractivity contribution in [1.29, 1.82) is 0 Å². The van der Waals surface area contributed by atoms with Crippen molar-refractivity contribution < 1.29 is 28.2 Å². The molecule has 0 bridgehead atoms. The van der Waals surface area contributed by atoms with Gasteiger partial charge in [0.25, 0.3) is 0 Å². The van der Waals surface area contributed by atoms with Crippen LogP contribution in [0, 0.1) is 0 Å². The van der Waals surface area contributed by atoms with Crippen molar-refractivity contribution in [2.75, 3.05) is 32.7 Å². The Kier molecular flexibility index (Phi) is 4.79. The van der Waals surface area contributed by atoms with Crippen LogP contribution in [0.5, 0.6) is 0 Å². The largest absolute Gasteiger partial charge is 0.417 e. The maximum absolute atomic E-state index is 12.7. The van der Waals surface area contributed by atoms with Gasteiger partial charge in [-0.05, 0) is 19.3 Å². The molecule has 2 aliphatic rings. The summed E-state index contributed by atoms with van der Waals surface area (Å²) in [4.78, 5) is 14.7. The minimum Gasteiger partial charge on any atom is -0.390 e. The molecule has 2 heterocycles. The summed E-state index contributed by atoms with van der Waals surface area (Å²) in [5.41, 5.74) is -2.61. The van der Waals surface area contributed by atoms with Crippen LogP contribution in [0.2, 0.25) is 0 Å². The number of hydrogen-bond donors (Lipinski definition) is 2. The van der Waals surface area contributed by atoms with E-state index in [0.29, 0.717) is 13.0 Å². The van der Waals surface area contributed by atoms with E-state index in [1.165, 1.54) is 0 Å². The molecule has 0 aromatic heterocycles. The Morgan fingerprint density at radius 2 is 1.81 bits per heavy atom. The van der Waals surface area contributed by atoms with E-state index in [9.17, 15) is 28.2 Å². The highest BCUT2D eigenvalue weighted by Gasteiger charge is 2.54. The Labute approximate surface area is 121 Å². The Balaban J connectivity index is 1.77. The van der Waals surface area contributed by atoms with Crippen molar-refractivity contribution in [2.24, 2.45) is 0 Å². The third-order valence-electron chi connectivity index (χ3n) is 4.28. The van der Waals surface area contributed by atoms with Gasteiger partial charge in [0.05, 0.1) is 6.10 Å². The number of amides is 1. The molecule has 2 aliphatic heterocycles. The van der Waals surface area contributed by atoms with Crippen molar-refractivity contribution in [3.63, 3.8) is 0 Å². The molecule has 2 rings (SSSR count). The van der Waals surface area contributed by atoms with Gasteiger partial charge in [0.1, 0.15) is 0 Å². The summed E-state index contributed by atoms with van der Waals surface area (Å²) in [6, 6.07) is 0. The lowest BCUT2D eigenvalue weighted by Crippen LogP contribution is -2.54. The van der Waals surface area contributed by atoms with E-state index in [4.69, 9.17) is 0 Å². The zero-order valence-corrected chi connectivity index (χ0v) is 11.8. The van der Waals surface area contributed by atoms with E-state index < -0.39 is 17.9 Å². The standard InChI is InChI=1S/C13H21F3N2O3/c14-13(15,16)12(21)3-6-17(7-4-12)8-10(19)9-18-5-1-2-11(18)20/h10,19,21H,1-9H2. The number of carbonyl (C=O) groups is 1. The maximum Gasteiger partial charge on any atom is 0.417 e. The molecule has 2 fully saturated rings. The molecule has 8 heteroatoms. The van der Waals surface area contributed by atoms with Gasteiger partial charge < -0.3 is 20.0 Å². The van der Waals surface area contributed by atoms with Crippen molar-refractivity contribution in [3.05, 3.63) is 0 Å². The third kappa shape index (κ3) is 3.87. The van der Waals surface area contributed by atoms with E-state index in [1.807, 2.05) is 0 Å². The average molecular weight is 310 g/mol. The highest BCUT2D eigenvalue weighted by atomic mass is 19.4. The maximum atomic E-state index is 12.7. The minimum atomic E-state index is -4.61. The fourth-order valence-electron chi connectivity index (χ4n) is 2.90. The van der Waals surface area contributed by atoms with Gasteiger partial charge >= 0.3 is 6.18 Å². The first-order valence-corrected chi connectivity index (χ1v) is 7.18. The summed E-state index contributed by atoms with van der Waals surface area (Å²) in [5.74, 6) is 0.0131. The molecule has 1 unspecified atom stereocenters. The quantitative estimate of drug-likeness (QED) is 0.787. The number of hydrogen-bond acceptors (Lipinski definition) is 4. The zero-order valence-electron chi connectivity index (χ0n) is 11.8. The summed E-state index contributed by atoms with van der Waals surface area (Å²) in [5, 5.41) is 19.5. The molecule has 0 saturated carbocycles. The van der Waals surface area contributed by atoms with Crippen LogP contribution in [-0.4, -0.2) is 76.5 Å². The predicted molar refractivity (Wildman–Crippen MR) is 68.5 cm³/mol. The molecular formula is C13H21F3N2O3. The number of nitrogens with zero attached hydrogens (tertiary/aromatic N) is 2. The van der Waals surface area contributed by atoms with Gasteiger partial charge in [-0.3, -0.25) is 4.79 Å². The van der Waals surface area contributed by atoms with Gasteiger partial charge in [-0.25, -0.2) is 0 Å². The predicted octanol–water partition coefficient (Wildman–Crippen LogP) is 0.359. The second-order valence-electron chi connectivity index (χ2n) is 5.93. The highest BCUT2D eigenvalue weighted by molar-refractivity contribution is 5.78. The van der Waals surface area contributed by atoms with Crippen molar-refractivity contribution in [1.82, 2.24) is 9.80 Å². The molecule has 1 amide bonds. The Hall–Kier alpha value is -0.860. The summed E-state index contributed by atoms with van der Waals surface area (Å²) in [6.07, 6.45) is -4.87.